The van der Waals surface area contributed by atoms with E-state index >= 15 is 0 Å². The van der Waals surface area contributed by atoms with Crippen molar-refractivity contribution in [1.29, 1.82) is 0 Å². The van der Waals surface area contributed by atoms with Gasteiger partial charge in [-0.25, -0.2) is 4.79 Å². The Morgan fingerprint density at radius 1 is 1.00 bits per heavy atom. The molecule has 0 rings (SSSR count). The fraction of sp³-hybridized carbons (Fsp3) is 0.889. The average Bonchev–Trinajstić information content (AvgIpc) is 2.03. The molecule has 84 valence electrons. The molecule has 0 saturated heterocycles. The molecule has 0 aromatic heterocycles. The second-order valence-corrected chi connectivity index (χ2v) is 2.53. The van der Waals surface area contributed by atoms with Gasteiger partial charge in [-0.15, -0.1) is 0 Å². The van der Waals surface area contributed by atoms with Crippen molar-refractivity contribution in [3.8, 4) is 0 Å². The molecule has 0 aromatic rings. The lowest BCUT2D eigenvalue weighted by molar-refractivity contribution is -0.148. The topological polar surface area (TPSA) is 54.0 Å². The second kappa shape index (κ2) is 7.58. The molecule has 0 aliphatic rings. The molecule has 5 heteroatoms. The van der Waals surface area contributed by atoms with Crippen LogP contribution in [-0.4, -0.2) is 31.9 Å². The summed E-state index contributed by atoms with van der Waals surface area (Å²) in [6.07, 6.45) is -1.98. The minimum atomic E-state index is -0.785. The zero-order valence-corrected chi connectivity index (χ0v) is 9.11. The second-order valence-electron chi connectivity index (χ2n) is 2.53. The Kier molecular flexibility index (Phi) is 7.14. The Bertz CT molecular complexity index is 143. The molecule has 0 amide bonds. The molecule has 0 saturated carbocycles. The molecule has 2 unspecified atom stereocenters. The highest BCUT2D eigenvalue weighted by Crippen LogP contribution is 2.00. The maximum absolute atomic E-state index is 11.0. The maximum atomic E-state index is 11.0. The van der Waals surface area contributed by atoms with Gasteiger partial charge in [-0.2, -0.15) is 0 Å². The third-order valence-corrected chi connectivity index (χ3v) is 1.33. The summed E-state index contributed by atoms with van der Waals surface area (Å²) in [4.78, 5) is 11.0. The minimum absolute atomic E-state index is 0.482. The Balaban J connectivity index is 3.63. The first-order valence-electron chi connectivity index (χ1n) is 4.70. The van der Waals surface area contributed by atoms with Crippen LogP contribution in [0, 0.1) is 0 Å². The van der Waals surface area contributed by atoms with Crippen molar-refractivity contribution in [3.63, 3.8) is 0 Å². The molecule has 14 heavy (non-hydrogen) atoms. The number of carbonyl (C=O) groups excluding carboxylic acids is 1. The lowest BCUT2D eigenvalue weighted by atomic mass is 10.7. The highest BCUT2D eigenvalue weighted by molar-refractivity contribution is 5.60. The zero-order chi connectivity index (χ0) is 11.0. The molecule has 0 spiro atoms. The zero-order valence-electron chi connectivity index (χ0n) is 9.11. The first kappa shape index (κ1) is 13.2. The highest BCUT2D eigenvalue weighted by Gasteiger charge is 2.13. The summed E-state index contributed by atoms with van der Waals surface area (Å²) in [5, 5.41) is 0. The Morgan fingerprint density at radius 3 is 1.64 bits per heavy atom. The highest BCUT2D eigenvalue weighted by atomic mass is 16.8. The first-order chi connectivity index (χ1) is 6.60. The molecular formula is C9H18O5. The molecule has 0 N–H and O–H groups in total. The smallest absolute Gasteiger partial charge is 0.405 e. The van der Waals surface area contributed by atoms with Crippen LogP contribution in [0.1, 0.15) is 27.7 Å². The van der Waals surface area contributed by atoms with E-state index in [-0.39, 0.29) is 0 Å². The van der Waals surface area contributed by atoms with E-state index in [0.29, 0.717) is 13.2 Å². The van der Waals surface area contributed by atoms with Crippen molar-refractivity contribution in [2.24, 2.45) is 0 Å². The molecule has 0 radical (unpaired) electrons. The largest absolute Gasteiger partial charge is 0.512 e. The molecule has 5 nitrogen and oxygen atoms in total. The minimum Gasteiger partial charge on any atom is -0.405 e. The Hall–Kier alpha value is -0.810. The van der Waals surface area contributed by atoms with Gasteiger partial charge in [-0.05, 0) is 27.7 Å². The van der Waals surface area contributed by atoms with Crippen molar-refractivity contribution in [2.75, 3.05) is 13.2 Å². The van der Waals surface area contributed by atoms with Gasteiger partial charge in [0.25, 0.3) is 0 Å². The van der Waals surface area contributed by atoms with Crippen molar-refractivity contribution in [2.45, 2.75) is 40.3 Å². The van der Waals surface area contributed by atoms with Gasteiger partial charge in [-0.1, -0.05) is 0 Å². The maximum Gasteiger partial charge on any atom is 0.512 e. The summed E-state index contributed by atoms with van der Waals surface area (Å²) in [5.74, 6) is 0. The predicted octanol–water partition coefficient (Wildman–Crippen LogP) is 1.90. The van der Waals surface area contributed by atoms with Crippen LogP contribution in [-0.2, 0) is 18.9 Å². The first-order valence-corrected chi connectivity index (χ1v) is 4.70. The summed E-state index contributed by atoms with van der Waals surface area (Å²) >= 11 is 0. The number of carbonyl (C=O) groups is 1. The van der Waals surface area contributed by atoms with Gasteiger partial charge in [0.15, 0.2) is 0 Å². The standard InChI is InChI=1S/C9H18O5/c1-5-11-7(3)13-9(10)14-8(4)12-6-2/h7-8H,5-6H2,1-4H3. The van der Waals surface area contributed by atoms with Gasteiger partial charge in [0.2, 0.25) is 12.6 Å². The number of hydrogen-bond acceptors (Lipinski definition) is 5. The Morgan fingerprint density at radius 2 is 1.36 bits per heavy atom. The third kappa shape index (κ3) is 6.68. The third-order valence-electron chi connectivity index (χ3n) is 1.33. The molecular weight excluding hydrogens is 188 g/mol. The predicted molar refractivity (Wildman–Crippen MR) is 49.7 cm³/mol. The van der Waals surface area contributed by atoms with Crippen molar-refractivity contribution in [1.82, 2.24) is 0 Å². The van der Waals surface area contributed by atoms with E-state index in [1.165, 1.54) is 0 Å². The van der Waals surface area contributed by atoms with Gasteiger partial charge in [0.1, 0.15) is 0 Å². The van der Waals surface area contributed by atoms with Gasteiger partial charge >= 0.3 is 6.16 Å². The fourth-order valence-electron chi connectivity index (χ4n) is 0.836. The van der Waals surface area contributed by atoms with E-state index in [1.807, 2.05) is 13.8 Å². The number of hydrogen-bond donors (Lipinski definition) is 0. The summed E-state index contributed by atoms with van der Waals surface area (Å²) in [6, 6.07) is 0. The Labute approximate surface area is 84.3 Å². The van der Waals surface area contributed by atoms with Crippen molar-refractivity contribution >= 4 is 6.16 Å². The SMILES string of the molecule is CCOC(C)OC(=O)OC(C)OCC. The van der Waals surface area contributed by atoms with E-state index in [2.05, 4.69) is 0 Å². The van der Waals surface area contributed by atoms with Crippen LogP contribution in [0.4, 0.5) is 4.79 Å². The summed E-state index contributed by atoms with van der Waals surface area (Å²) in [7, 11) is 0. The normalized spacial score (nSPS) is 14.6. The van der Waals surface area contributed by atoms with E-state index < -0.39 is 18.7 Å². The van der Waals surface area contributed by atoms with Crippen LogP contribution in [0.5, 0.6) is 0 Å². The van der Waals surface area contributed by atoms with Crippen LogP contribution in [0.25, 0.3) is 0 Å². The van der Waals surface area contributed by atoms with Crippen LogP contribution in [0.2, 0.25) is 0 Å². The number of ether oxygens (including phenoxy) is 4. The van der Waals surface area contributed by atoms with Crippen LogP contribution >= 0.6 is 0 Å². The average molecular weight is 206 g/mol. The monoisotopic (exact) mass is 206 g/mol. The quantitative estimate of drug-likeness (QED) is 0.490. The van der Waals surface area contributed by atoms with Crippen LogP contribution in [0.3, 0.4) is 0 Å². The summed E-state index contributed by atoms with van der Waals surface area (Å²) < 4.78 is 19.5. The molecule has 0 heterocycles. The summed E-state index contributed by atoms with van der Waals surface area (Å²) in [5.41, 5.74) is 0. The molecule has 0 aliphatic carbocycles. The number of rotatable bonds is 6. The summed E-state index contributed by atoms with van der Waals surface area (Å²) in [6.45, 7) is 7.83. The van der Waals surface area contributed by atoms with Gasteiger partial charge < -0.3 is 18.9 Å². The lowest BCUT2D eigenvalue weighted by Crippen LogP contribution is -2.23. The molecule has 0 aliphatic heterocycles. The van der Waals surface area contributed by atoms with Gasteiger partial charge in [0.05, 0.1) is 0 Å². The molecule has 0 bridgehead atoms. The van der Waals surface area contributed by atoms with E-state index in [0.717, 1.165) is 0 Å². The lowest BCUT2D eigenvalue weighted by Gasteiger charge is -2.15. The van der Waals surface area contributed by atoms with E-state index in [4.69, 9.17) is 18.9 Å². The molecule has 0 fully saturated rings. The van der Waals surface area contributed by atoms with Crippen molar-refractivity contribution < 1.29 is 23.7 Å². The van der Waals surface area contributed by atoms with Crippen molar-refractivity contribution in [3.05, 3.63) is 0 Å². The fourth-order valence-corrected chi connectivity index (χ4v) is 0.836. The molecule has 0 aromatic carbocycles. The van der Waals surface area contributed by atoms with Gasteiger partial charge in [-0.3, -0.25) is 0 Å². The van der Waals surface area contributed by atoms with E-state index in [1.54, 1.807) is 13.8 Å². The van der Waals surface area contributed by atoms with E-state index in [9.17, 15) is 4.79 Å². The molecule has 2 atom stereocenters. The van der Waals surface area contributed by atoms with Crippen LogP contribution < -0.4 is 0 Å². The van der Waals surface area contributed by atoms with Crippen LogP contribution in [0.15, 0.2) is 0 Å². The van der Waals surface area contributed by atoms with Gasteiger partial charge in [0, 0.05) is 13.2 Å².